The fourth-order valence-corrected chi connectivity index (χ4v) is 4.21. The van der Waals surface area contributed by atoms with Crippen molar-refractivity contribution < 1.29 is 36.3 Å². The molecule has 8 nitrogen and oxygen atoms in total. The van der Waals surface area contributed by atoms with Gasteiger partial charge in [0.25, 0.3) is 0 Å². The third-order valence-electron chi connectivity index (χ3n) is 5.15. The first kappa shape index (κ1) is 24.9. The molecule has 0 atom stereocenters. The molecule has 0 amide bonds. The van der Waals surface area contributed by atoms with Crippen molar-refractivity contribution in [2.45, 2.75) is 13.8 Å². The van der Waals surface area contributed by atoms with E-state index in [1.807, 2.05) is 0 Å². The van der Waals surface area contributed by atoms with Gasteiger partial charge in [-0.15, -0.1) is 0 Å². The lowest BCUT2D eigenvalue weighted by Gasteiger charge is -2.09. The summed E-state index contributed by atoms with van der Waals surface area (Å²) >= 11 is 0. The van der Waals surface area contributed by atoms with Gasteiger partial charge in [-0.2, -0.15) is 0 Å². The molecule has 36 heavy (non-hydrogen) atoms. The monoisotopic (exact) mass is 511 g/mol. The molecule has 0 radical (unpaired) electrons. The number of hydrogen-bond acceptors (Lipinski definition) is 7. The quantitative estimate of drug-likeness (QED) is 0.236. The van der Waals surface area contributed by atoms with Crippen LogP contribution in [0.3, 0.4) is 0 Å². The zero-order valence-electron chi connectivity index (χ0n) is 19.6. The van der Waals surface area contributed by atoms with Gasteiger partial charge in [-0.3, -0.25) is 9.52 Å². The van der Waals surface area contributed by atoms with Gasteiger partial charge >= 0.3 is 5.97 Å². The first-order chi connectivity index (χ1) is 17.1. The molecule has 0 bridgehead atoms. The summed E-state index contributed by atoms with van der Waals surface area (Å²) in [6, 6.07) is 15.0. The molecular weight excluding hydrogens is 489 g/mol. The third-order valence-corrected chi connectivity index (χ3v) is 5.74. The van der Waals surface area contributed by atoms with Crippen molar-refractivity contribution in [2.75, 3.05) is 17.6 Å². The smallest absolute Gasteiger partial charge is 0.342 e. The van der Waals surface area contributed by atoms with E-state index in [1.54, 1.807) is 31.2 Å². The first-order valence-electron chi connectivity index (χ1n) is 10.9. The SMILES string of the molecule is CCOC(=O)c1c(-c2ccc(Oc3ccc(F)cc3)cc2)oc2cc(NS(C)(=O)=O)c(C(C)=O)cc12. The Labute approximate surface area is 206 Å². The van der Waals surface area contributed by atoms with E-state index in [2.05, 4.69) is 4.72 Å². The van der Waals surface area contributed by atoms with Crippen LogP contribution in [0.5, 0.6) is 11.5 Å². The highest BCUT2D eigenvalue weighted by Gasteiger charge is 2.26. The van der Waals surface area contributed by atoms with Gasteiger partial charge < -0.3 is 13.9 Å². The Morgan fingerprint density at radius 1 is 1.00 bits per heavy atom. The minimum atomic E-state index is -3.69. The van der Waals surface area contributed by atoms with E-state index in [1.165, 1.54) is 43.3 Å². The third kappa shape index (κ3) is 5.38. The Bertz CT molecular complexity index is 1560. The van der Waals surface area contributed by atoms with Crippen LogP contribution < -0.4 is 9.46 Å². The number of halogens is 1. The van der Waals surface area contributed by atoms with Gasteiger partial charge in [0.2, 0.25) is 10.0 Å². The van der Waals surface area contributed by atoms with Gasteiger partial charge in [0.05, 0.1) is 18.6 Å². The number of fused-ring (bicyclic) bond motifs is 1. The molecule has 1 aromatic heterocycles. The number of Topliss-reactive ketones (excluding diaryl/α,β-unsaturated/α-hetero) is 1. The molecule has 0 unspecified atom stereocenters. The number of ether oxygens (including phenoxy) is 2. The average Bonchev–Trinajstić information content (AvgIpc) is 3.18. The molecule has 1 N–H and O–H groups in total. The number of rotatable bonds is 8. The van der Waals surface area contributed by atoms with Crippen LogP contribution in [0.15, 0.2) is 65.1 Å². The zero-order chi connectivity index (χ0) is 26.0. The Morgan fingerprint density at radius 2 is 1.61 bits per heavy atom. The summed E-state index contributed by atoms with van der Waals surface area (Å²) in [6.07, 6.45) is 0.967. The van der Waals surface area contributed by atoms with Gasteiger partial charge in [0, 0.05) is 22.6 Å². The topological polar surface area (TPSA) is 112 Å². The number of benzene rings is 3. The lowest BCUT2D eigenvalue weighted by Crippen LogP contribution is -2.12. The van der Waals surface area contributed by atoms with E-state index >= 15 is 0 Å². The average molecular weight is 512 g/mol. The van der Waals surface area contributed by atoms with Crippen LogP contribution in [0.4, 0.5) is 10.1 Å². The highest BCUT2D eigenvalue weighted by Crippen LogP contribution is 2.38. The molecule has 0 saturated heterocycles. The van der Waals surface area contributed by atoms with Crippen LogP contribution in [-0.4, -0.2) is 33.0 Å². The fraction of sp³-hybridized carbons (Fsp3) is 0.154. The molecule has 4 rings (SSSR count). The van der Waals surface area contributed by atoms with Crippen LogP contribution >= 0.6 is 0 Å². The Balaban J connectivity index is 1.81. The van der Waals surface area contributed by atoms with Crippen LogP contribution in [0, 0.1) is 5.82 Å². The van der Waals surface area contributed by atoms with Crippen LogP contribution in [0.25, 0.3) is 22.3 Å². The predicted molar refractivity (Wildman–Crippen MR) is 133 cm³/mol. The zero-order valence-corrected chi connectivity index (χ0v) is 20.4. The van der Waals surface area contributed by atoms with Crippen LogP contribution in [0.1, 0.15) is 34.6 Å². The minimum Gasteiger partial charge on any atom is -0.462 e. The number of carbonyl (C=O) groups is 2. The number of esters is 1. The van der Waals surface area contributed by atoms with Crippen molar-refractivity contribution in [3.05, 3.63) is 77.6 Å². The van der Waals surface area contributed by atoms with Gasteiger partial charge in [-0.1, -0.05) is 0 Å². The maximum Gasteiger partial charge on any atom is 0.342 e. The number of furan rings is 1. The second-order valence-electron chi connectivity index (χ2n) is 7.93. The summed E-state index contributed by atoms with van der Waals surface area (Å²) < 4.78 is 56.0. The van der Waals surface area contributed by atoms with Gasteiger partial charge in [-0.05, 0) is 68.4 Å². The number of ketones is 1. The Hall–Kier alpha value is -4.18. The highest BCUT2D eigenvalue weighted by atomic mass is 32.2. The van der Waals surface area contributed by atoms with E-state index in [4.69, 9.17) is 13.9 Å². The lowest BCUT2D eigenvalue weighted by atomic mass is 10.0. The molecule has 0 spiro atoms. The maximum atomic E-state index is 13.1. The van der Waals surface area contributed by atoms with E-state index < -0.39 is 21.8 Å². The van der Waals surface area contributed by atoms with Gasteiger partial charge in [-0.25, -0.2) is 17.6 Å². The van der Waals surface area contributed by atoms with Crippen molar-refractivity contribution >= 4 is 38.4 Å². The van der Waals surface area contributed by atoms with E-state index in [0.717, 1.165) is 6.26 Å². The maximum absolute atomic E-state index is 13.1. The molecule has 10 heteroatoms. The summed E-state index contributed by atoms with van der Waals surface area (Å²) in [4.78, 5) is 25.2. The van der Waals surface area contributed by atoms with Crippen molar-refractivity contribution in [1.29, 1.82) is 0 Å². The minimum absolute atomic E-state index is 0.0382. The van der Waals surface area contributed by atoms with Crippen molar-refractivity contribution in [3.63, 3.8) is 0 Å². The number of anilines is 1. The normalized spacial score (nSPS) is 11.3. The van der Waals surface area contributed by atoms with Crippen molar-refractivity contribution in [3.8, 4) is 22.8 Å². The summed E-state index contributed by atoms with van der Waals surface area (Å²) in [7, 11) is -3.69. The molecule has 3 aromatic carbocycles. The highest BCUT2D eigenvalue weighted by molar-refractivity contribution is 7.92. The molecule has 0 aliphatic heterocycles. The summed E-state index contributed by atoms with van der Waals surface area (Å²) in [6.45, 7) is 3.07. The molecule has 1 heterocycles. The molecule has 0 fully saturated rings. The molecule has 0 aliphatic carbocycles. The number of nitrogens with one attached hydrogen (secondary N) is 1. The van der Waals surface area contributed by atoms with Crippen molar-refractivity contribution in [1.82, 2.24) is 0 Å². The second kappa shape index (κ2) is 9.82. The van der Waals surface area contributed by atoms with Crippen LogP contribution in [-0.2, 0) is 14.8 Å². The Morgan fingerprint density at radius 3 is 2.17 bits per heavy atom. The van der Waals surface area contributed by atoms with Gasteiger partial charge in [0.15, 0.2) is 5.78 Å². The molecule has 186 valence electrons. The van der Waals surface area contributed by atoms with Crippen molar-refractivity contribution in [2.24, 2.45) is 0 Å². The van der Waals surface area contributed by atoms with E-state index in [-0.39, 0.29) is 40.6 Å². The van der Waals surface area contributed by atoms with E-state index in [0.29, 0.717) is 22.4 Å². The number of sulfonamides is 1. The lowest BCUT2D eigenvalue weighted by molar-refractivity contribution is 0.0528. The van der Waals surface area contributed by atoms with Crippen LogP contribution in [0.2, 0.25) is 0 Å². The molecular formula is C26H22FNO7S. The van der Waals surface area contributed by atoms with Gasteiger partial charge in [0.1, 0.15) is 34.2 Å². The van der Waals surface area contributed by atoms with E-state index in [9.17, 15) is 22.4 Å². The number of carbonyl (C=O) groups excluding carboxylic acids is 2. The molecule has 4 aromatic rings. The fourth-order valence-electron chi connectivity index (χ4n) is 3.64. The molecule has 0 saturated carbocycles. The predicted octanol–water partition coefficient (Wildman–Crippen LogP) is 5.78. The first-order valence-corrected chi connectivity index (χ1v) is 12.7. The standard InChI is InChI=1S/C26H22FNO7S/c1-4-33-26(30)24-21-13-20(15(2)29)22(28-36(3,31)32)14-23(21)35-25(24)16-5-9-18(10-6-16)34-19-11-7-17(27)8-12-19/h5-14,28H,4H2,1-3H3. The summed E-state index contributed by atoms with van der Waals surface area (Å²) in [5, 5.41) is 0.305. The second-order valence-corrected chi connectivity index (χ2v) is 9.68. The summed E-state index contributed by atoms with van der Waals surface area (Å²) in [5.41, 5.74) is 0.927. The number of hydrogen-bond donors (Lipinski definition) is 1. The summed E-state index contributed by atoms with van der Waals surface area (Å²) in [5.74, 6) is -0.334. The largest absolute Gasteiger partial charge is 0.462 e. The molecule has 0 aliphatic rings. The Kier molecular flexibility index (Phi) is 6.80.